The molecular weight excluding hydrogens is 252 g/mol. The summed E-state index contributed by atoms with van der Waals surface area (Å²) in [6.45, 7) is 3.89. The maximum atomic E-state index is 12.0. The molecule has 0 aliphatic heterocycles. The lowest BCUT2D eigenvalue weighted by atomic mass is 9.99. The number of amides is 1. The molecule has 0 unspecified atom stereocenters. The van der Waals surface area contributed by atoms with Gasteiger partial charge in [-0.3, -0.25) is 9.59 Å². The van der Waals surface area contributed by atoms with Gasteiger partial charge in [-0.15, -0.1) is 11.3 Å². The Balaban J connectivity index is 2.04. The first-order valence-corrected chi connectivity index (χ1v) is 6.80. The summed E-state index contributed by atoms with van der Waals surface area (Å²) in [5.41, 5.74) is -0.503. The third-order valence-corrected chi connectivity index (χ3v) is 4.49. The van der Waals surface area contributed by atoms with Gasteiger partial charge in [0.25, 0.3) is 0 Å². The standard InChI is InChI=1S/C12H16N2O3S/c1-3-12(2,11-13-4-5-18-11)14-9(15)7-6-8(7)10(16)17/h4-5,7-8H,3,6H2,1-2H3,(H,14,15)(H,16,17)/t7-,8+,12+/m1/s1. The topological polar surface area (TPSA) is 79.3 Å². The second kappa shape index (κ2) is 4.68. The van der Waals surface area contributed by atoms with E-state index in [2.05, 4.69) is 10.3 Å². The van der Waals surface area contributed by atoms with Crippen molar-refractivity contribution in [3.63, 3.8) is 0 Å². The number of carboxylic acids is 1. The second-order valence-corrected chi connectivity index (χ2v) is 5.69. The lowest BCUT2D eigenvalue weighted by Crippen LogP contribution is -2.44. The predicted octanol–water partition coefficient (Wildman–Crippen LogP) is 1.61. The normalized spacial score (nSPS) is 25.2. The van der Waals surface area contributed by atoms with E-state index in [-0.39, 0.29) is 11.8 Å². The van der Waals surface area contributed by atoms with Crippen LogP contribution in [0.4, 0.5) is 0 Å². The van der Waals surface area contributed by atoms with Crippen molar-refractivity contribution in [2.45, 2.75) is 32.2 Å². The highest BCUT2D eigenvalue weighted by Crippen LogP contribution is 2.40. The van der Waals surface area contributed by atoms with Crippen molar-refractivity contribution in [2.75, 3.05) is 0 Å². The van der Waals surface area contributed by atoms with Gasteiger partial charge in [-0.1, -0.05) is 6.92 Å². The fourth-order valence-electron chi connectivity index (χ4n) is 1.91. The average Bonchev–Trinajstić information content (AvgIpc) is 2.95. The smallest absolute Gasteiger partial charge is 0.307 e. The van der Waals surface area contributed by atoms with Crippen molar-refractivity contribution < 1.29 is 14.7 Å². The molecule has 0 bridgehead atoms. The number of hydrogen-bond acceptors (Lipinski definition) is 4. The Kier molecular flexibility index (Phi) is 3.38. The van der Waals surface area contributed by atoms with Crippen LogP contribution in [0, 0.1) is 11.8 Å². The first-order chi connectivity index (χ1) is 8.48. The number of hydrogen-bond donors (Lipinski definition) is 2. The molecule has 1 heterocycles. The molecule has 1 saturated carbocycles. The van der Waals surface area contributed by atoms with E-state index in [0.29, 0.717) is 6.42 Å². The van der Waals surface area contributed by atoms with Gasteiger partial charge in [0.1, 0.15) is 5.01 Å². The van der Waals surface area contributed by atoms with Crippen molar-refractivity contribution in [1.82, 2.24) is 10.3 Å². The molecular formula is C12H16N2O3S. The van der Waals surface area contributed by atoms with Crippen molar-refractivity contribution in [3.05, 3.63) is 16.6 Å². The zero-order valence-corrected chi connectivity index (χ0v) is 11.2. The quantitative estimate of drug-likeness (QED) is 0.850. The van der Waals surface area contributed by atoms with E-state index < -0.39 is 17.4 Å². The second-order valence-electron chi connectivity index (χ2n) is 4.80. The van der Waals surface area contributed by atoms with Gasteiger partial charge in [0.2, 0.25) is 5.91 Å². The molecule has 0 aromatic carbocycles. The summed E-state index contributed by atoms with van der Waals surface area (Å²) >= 11 is 1.49. The number of carboxylic acid groups (broad SMARTS) is 1. The Labute approximate surface area is 109 Å². The SMILES string of the molecule is CC[C@](C)(NC(=O)[C@@H]1C[C@@H]1C(=O)O)c1nccs1. The van der Waals surface area contributed by atoms with Crippen LogP contribution < -0.4 is 5.32 Å². The number of carbonyl (C=O) groups is 2. The van der Waals surface area contributed by atoms with Crippen LogP contribution in [-0.4, -0.2) is 22.0 Å². The summed E-state index contributed by atoms with van der Waals surface area (Å²) in [6.07, 6.45) is 2.87. The Hall–Kier alpha value is -1.43. The van der Waals surface area contributed by atoms with Crippen molar-refractivity contribution in [1.29, 1.82) is 0 Å². The van der Waals surface area contributed by atoms with Crippen LogP contribution in [0.1, 0.15) is 31.7 Å². The van der Waals surface area contributed by atoms with Crippen LogP contribution in [-0.2, 0) is 15.1 Å². The fraction of sp³-hybridized carbons (Fsp3) is 0.583. The number of thiazole rings is 1. The summed E-state index contributed by atoms with van der Waals surface area (Å²) in [5, 5.41) is 14.5. The highest BCUT2D eigenvalue weighted by molar-refractivity contribution is 7.09. The maximum absolute atomic E-state index is 12.0. The van der Waals surface area contributed by atoms with Gasteiger partial charge >= 0.3 is 5.97 Å². The Bertz CT molecular complexity index is 460. The van der Waals surface area contributed by atoms with Gasteiger partial charge in [-0.2, -0.15) is 0 Å². The Morgan fingerprint density at radius 1 is 1.61 bits per heavy atom. The third kappa shape index (κ3) is 2.38. The van der Waals surface area contributed by atoms with Gasteiger partial charge < -0.3 is 10.4 Å². The van der Waals surface area contributed by atoms with Crippen molar-refractivity contribution in [3.8, 4) is 0 Å². The van der Waals surface area contributed by atoms with E-state index in [4.69, 9.17) is 5.11 Å². The first-order valence-electron chi connectivity index (χ1n) is 5.92. The maximum Gasteiger partial charge on any atom is 0.307 e. The van der Waals surface area contributed by atoms with Crippen LogP contribution in [0.2, 0.25) is 0 Å². The summed E-state index contributed by atoms with van der Waals surface area (Å²) < 4.78 is 0. The van der Waals surface area contributed by atoms with E-state index in [1.54, 1.807) is 6.20 Å². The van der Waals surface area contributed by atoms with Crippen LogP contribution in [0.5, 0.6) is 0 Å². The molecule has 6 heteroatoms. The fourth-order valence-corrected chi connectivity index (χ4v) is 2.74. The molecule has 3 atom stereocenters. The number of nitrogens with one attached hydrogen (secondary N) is 1. The number of rotatable bonds is 5. The largest absolute Gasteiger partial charge is 0.481 e. The zero-order chi connectivity index (χ0) is 13.3. The van der Waals surface area contributed by atoms with Gasteiger partial charge in [0, 0.05) is 11.6 Å². The van der Waals surface area contributed by atoms with E-state index in [9.17, 15) is 9.59 Å². The number of nitrogens with zero attached hydrogens (tertiary/aromatic N) is 1. The number of aromatic nitrogens is 1. The van der Waals surface area contributed by atoms with Crippen molar-refractivity contribution >= 4 is 23.2 Å². The molecule has 98 valence electrons. The summed E-state index contributed by atoms with van der Waals surface area (Å²) in [5.74, 6) is -1.96. The average molecular weight is 268 g/mol. The highest BCUT2D eigenvalue weighted by atomic mass is 32.1. The summed E-state index contributed by atoms with van der Waals surface area (Å²) in [4.78, 5) is 27.0. The van der Waals surface area contributed by atoms with E-state index in [1.165, 1.54) is 11.3 Å². The third-order valence-electron chi connectivity index (χ3n) is 3.45. The lowest BCUT2D eigenvalue weighted by molar-refractivity contribution is -0.140. The van der Waals surface area contributed by atoms with Crippen molar-refractivity contribution in [2.24, 2.45) is 11.8 Å². The molecule has 1 amide bonds. The lowest BCUT2D eigenvalue weighted by Gasteiger charge is -2.27. The minimum atomic E-state index is -0.886. The molecule has 1 aliphatic rings. The molecule has 2 N–H and O–H groups in total. The van der Waals surface area contributed by atoms with Gasteiger partial charge in [-0.25, -0.2) is 4.98 Å². The molecule has 1 aliphatic carbocycles. The van der Waals surface area contributed by atoms with E-state index in [1.807, 2.05) is 19.2 Å². The van der Waals surface area contributed by atoms with Crippen LogP contribution in [0.15, 0.2) is 11.6 Å². The van der Waals surface area contributed by atoms with Gasteiger partial charge in [0.05, 0.1) is 17.4 Å². The zero-order valence-electron chi connectivity index (χ0n) is 10.3. The molecule has 1 aromatic rings. The van der Waals surface area contributed by atoms with Crippen LogP contribution in [0.3, 0.4) is 0 Å². The minimum Gasteiger partial charge on any atom is -0.481 e. The molecule has 0 radical (unpaired) electrons. The molecule has 18 heavy (non-hydrogen) atoms. The number of carbonyl (C=O) groups excluding carboxylic acids is 1. The molecule has 5 nitrogen and oxygen atoms in total. The Morgan fingerprint density at radius 2 is 2.33 bits per heavy atom. The molecule has 1 aromatic heterocycles. The molecule has 0 saturated heterocycles. The summed E-state index contributed by atoms with van der Waals surface area (Å²) in [6, 6.07) is 0. The van der Waals surface area contributed by atoms with Gasteiger partial charge in [-0.05, 0) is 19.8 Å². The predicted molar refractivity (Wildman–Crippen MR) is 67.1 cm³/mol. The van der Waals surface area contributed by atoms with Gasteiger partial charge in [0.15, 0.2) is 0 Å². The van der Waals surface area contributed by atoms with E-state index in [0.717, 1.165) is 11.4 Å². The Morgan fingerprint density at radius 3 is 2.78 bits per heavy atom. The van der Waals surface area contributed by atoms with E-state index >= 15 is 0 Å². The molecule has 2 rings (SSSR count). The van der Waals surface area contributed by atoms with Crippen LogP contribution >= 0.6 is 11.3 Å². The monoisotopic (exact) mass is 268 g/mol. The minimum absolute atomic E-state index is 0.179. The number of aliphatic carboxylic acids is 1. The first kappa shape index (κ1) is 13.0. The van der Waals surface area contributed by atoms with Crippen LogP contribution in [0.25, 0.3) is 0 Å². The molecule has 0 spiro atoms. The summed E-state index contributed by atoms with van der Waals surface area (Å²) in [7, 11) is 0. The highest BCUT2D eigenvalue weighted by Gasteiger charge is 2.49. The molecule has 1 fully saturated rings.